The van der Waals surface area contributed by atoms with Crippen molar-refractivity contribution in [3.63, 3.8) is 0 Å². The number of rotatable bonds is 5. The van der Waals surface area contributed by atoms with Gasteiger partial charge in [-0.2, -0.15) is 0 Å². The smallest absolute Gasteiger partial charge is 0.222 e. The van der Waals surface area contributed by atoms with Gasteiger partial charge in [-0.3, -0.25) is 14.8 Å². The van der Waals surface area contributed by atoms with E-state index in [9.17, 15) is 4.79 Å². The highest BCUT2D eigenvalue weighted by Crippen LogP contribution is 2.39. The van der Waals surface area contributed by atoms with Gasteiger partial charge < -0.3 is 9.80 Å². The number of aryl methyl sites for hydroxylation is 1. The zero-order valence-corrected chi connectivity index (χ0v) is 14.7. The van der Waals surface area contributed by atoms with Crippen LogP contribution < -0.4 is 0 Å². The monoisotopic (exact) mass is 328 g/mol. The van der Waals surface area contributed by atoms with Gasteiger partial charge in [-0.1, -0.05) is 6.08 Å². The van der Waals surface area contributed by atoms with Crippen LogP contribution in [0.2, 0.25) is 0 Å². The highest BCUT2D eigenvalue weighted by molar-refractivity contribution is 5.77. The van der Waals surface area contributed by atoms with Gasteiger partial charge in [0.05, 0.1) is 24.1 Å². The maximum Gasteiger partial charge on any atom is 0.222 e. The molecule has 2 fully saturated rings. The summed E-state index contributed by atoms with van der Waals surface area (Å²) in [6.07, 6.45) is 10.7. The minimum Gasteiger partial charge on any atom is -0.336 e. The van der Waals surface area contributed by atoms with Crippen molar-refractivity contribution in [3.05, 3.63) is 36.4 Å². The second-order valence-electron chi connectivity index (χ2n) is 7.36. The summed E-state index contributed by atoms with van der Waals surface area (Å²) < 4.78 is 0. The zero-order chi connectivity index (χ0) is 17.0. The fourth-order valence-electron chi connectivity index (χ4n) is 4.05. The van der Waals surface area contributed by atoms with Gasteiger partial charge in [0.15, 0.2) is 0 Å². The number of hydrogen-bond donors (Lipinski definition) is 0. The minimum atomic E-state index is 0.255. The molecular formula is C19H28N4O. The number of aromatic nitrogens is 2. The summed E-state index contributed by atoms with van der Waals surface area (Å²) in [7, 11) is 0. The lowest BCUT2D eigenvalue weighted by atomic mass is 9.73. The molecule has 0 N–H and O–H groups in total. The standard InChI is InChI=1S/C19H28N4O/c1-3-4-9-22-10-5-7-19(14-22)8-6-18(24)23(15-19)13-17-12-20-16(2)11-21-17/h3,11-12H,1,4-10,13-15H2,2H3. The molecule has 1 spiro atoms. The van der Waals surface area contributed by atoms with Crippen molar-refractivity contribution in [2.45, 2.75) is 45.6 Å². The average molecular weight is 328 g/mol. The summed E-state index contributed by atoms with van der Waals surface area (Å²) in [6, 6.07) is 0. The molecule has 1 unspecified atom stereocenters. The molecule has 2 aliphatic heterocycles. The molecule has 1 aromatic heterocycles. The highest BCUT2D eigenvalue weighted by atomic mass is 16.2. The predicted molar refractivity (Wildman–Crippen MR) is 94.3 cm³/mol. The third-order valence-electron chi connectivity index (χ3n) is 5.33. The molecule has 5 nitrogen and oxygen atoms in total. The summed E-state index contributed by atoms with van der Waals surface area (Å²) in [6.45, 7) is 10.6. The summed E-state index contributed by atoms with van der Waals surface area (Å²) in [5, 5.41) is 0. The first-order chi connectivity index (χ1) is 11.6. The van der Waals surface area contributed by atoms with E-state index < -0.39 is 0 Å². The van der Waals surface area contributed by atoms with Gasteiger partial charge in [0.25, 0.3) is 0 Å². The molecule has 130 valence electrons. The van der Waals surface area contributed by atoms with Gasteiger partial charge in [-0.15, -0.1) is 6.58 Å². The fraction of sp³-hybridized carbons (Fsp3) is 0.632. The van der Waals surface area contributed by atoms with E-state index >= 15 is 0 Å². The topological polar surface area (TPSA) is 49.3 Å². The second-order valence-corrected chi connectivity index (χ2v) is 7.36. The van der Waals surface area contributed by atoms with Crippen molar-refractivity contribution >= 4 is 5.91 Å². The quantitative estimate of drug-likeness (QED) is 0.780. The number of likely N-dealkylation sites (tertiary alicyclic amines) is 2. The predicted octanol–water partition coefficient (Wildman–Crippen LogP) is 2.57. The molecule has 3 rings (SSSR count). The molecule has 0 radical (unpaired) electrons. The van der Waals surface area contributed by atoms with Gasteiger partial charge in [-0.05, 0) is 39.2 Å². The first-order valence-electron chi connectivity index (χ1n) is 8.99. The number of nitrogens with zero attached hydrogens (tertiary/aromatic N) is 4. The summed E-state index contributed by atoms with van der Waals surface area (Å²) in [5.41, 5.74) is 2.04. The van der Waals surface area contributed by atoms with Crippen LogP contribution in [0, 0.1) is 12.3 Å². The van der Waals surface area contributed by atoms with Gasteiger partial charge in [0.2, 0.25) is 5.91 Å². The van der Waals surface area contributed by atoms with E-state index in [0.717, 1.165) is 43.9 Å². The minimum absolute atomic E-state index is 0.255. The number of hydrogen-bond acceptors (Lipinski definition) is 4. The Kier molecular flexibility index (Phi) is 5.29. The molecule has 24 heavy (non-hydrogen) atoms. The van der Waals surface area contributed by atoms with Crippen LogP contribution in [0.25, 0.3) is 0 Å². The summed E-state index contributed by atoms with van der Waals surface area (Å²) >= 11 is 0. The molecule has 0 bridgehead atoms. The van der Waals surface area contributed by atoms with Crippen LogP contribution in [0.3, 0.4) is 0 Å². The van der Waals surface area contributed by atoms with E-state index in [1.54, 1.807) is 12.4 Å². The van der Waals surface area contributed by atoms with Gasteiger partial charge in [0.1, 0.15) is 0 Å². The van der Waals surface area contributed by atoms with E-state index in [2.05, 4.69) is 21.4 Å². The Labute approximate surface area is 144 Å². The number of amides is 1. The Morgan fingerprint density at radius 2 is 2.17 bits per heavy atom. The maximum atomic E-state index is 12.4. The molecule has 3 heterocycles. The second kappa shape index (κ2) is 7.43. The summed E-state index contributed by atoms with van der Waals surface area (Å²) in [4.78, 5) is 25.7. The highest BCUT2D eigenvalue weighted by Gasteiger charge is 2.41. The molecular weight excluding hydrogens is 300 g/mol. The van der Waals surface area contributed by atoms with Crippen LogP contribution in [-0.2, 0) is 11.3 Å². The van der Waals surface area contributed by atoms with Gasteiger partial charge >= 0.3 is 0 Å². The lowest BCUT2D eigenvalue weighted by molar-refractivity contribution is -0.140. The third-order valence-corrected chi connectivity index (χ3v) is 5.33. The van der Waals surface area contributed by atoms with Crippen LogP contribution in [-0.4, -0.2) is 51.9 Å². The van der Waals surface area contributed by atoms with Crippen LogP contribution in [0.5, 0.6) is 0 Å². The van der Waals surface area contributed by atoms with Crippen LogP contribution in [0.15, 0.2) is 25.0 Å². The molecule has 1 aromatic rings. The largest absolute Gasteiger partial charge is 0.336 e. The fourth-order valence-corrected chi connectivity index (χ4v) is 4.05. The molecule has 0 aromatic carbocycles. The first kappa shape index (κ1) is 17.1. The molecule has 1 amide bonds. The first-order valence-corrected chi connectivity index (χ1v) is 8.99. The van der Waals surface area contributed by atoms with E-state index in [-0.39, 0.29) is 11.3 Å². The van der Waals surface area contributed by atoms with E-state index in [4.69, 9.17) is 0 Å². The number of piperidine rings is 2. The Morgan fingerprint density at radius 3 is 2.92 bits per heavy atom. The van der Waals surface area contributed by atoms with Gasteiger partial charge in [0, 0.05) is 37.7 Å². The van der Waals surface area contributed by atoms with Crippen molar-refractivity contribution in [1.82, 2.24) is 19.8 Å². The lowest BCUT2D eigenvalue weighted by Gasteiger charge is -2.48. The molecule has 1 atom stereocenters. The third kappa shape index (κ3) is 4.01. The molecule has 2 aliphatic rings. The summed E-state index contributed by atoms with van der Waals surface area (Å²) in [5.74, 6) is 0.256. The van der Waals surface area contributed by atoms with Crippen LogP contribution in [0.1, 0.15) is 43.5 Å². The van der Waals surface area contributed by atoms with Crippen molar-refractivity contribution in [2.75, 3.05) is 26.2 Å². The number of carbonyl (C=O) groups excluding carboxylic acids is 1. The molecule has 5 heteroatoms. The Balaban J connectivity index is 1.66. The van der Waals surface area contributed by atoms with E-state index in [1.807, 2.05) is 17.9 Å². The number of carbonyl (C=O) groups is 1. The molecule has 0 saturated carbocycles. The molecule has 0 aliphatic carbocycles. The van der Waals surface area contributed by atoms with E-state index in [0.29, 0.717) is 13.0 Å². The van der Waals surface area contributed by atoms with Crippen molar-refractivity contribution < 1.29 is 4.79 Å². The Morgan fingerprint density at radius 1 is 1.29 bits per heavy atom. The van der Waals surface area contributed by atoms with Crippen molar-refractivity contribution in [3.8, 4) is 0 Å². The maximum absolute atomic E-state index is 12.4. The normalized spacial score (nSPS) is 25.2. The average Bonchev–Trinajstić information content (AvgIpc) is 2.59. The Hall–Kier alpha value is -1.75. The Bertz CT molecular complexity index is 586. The molecule has 2 saturated heterocycles. The zero-order valence-electron chi connectivity index (χ0n) is 14.7. The SMILES string of the molecule is C=CCCN1CCCC2(CCC(=O)N(Cc3cnc(C)cn3)C2)C1. The lowest BCUT2D eigenvalue weighted by Crippen LogP contribution is -2.53. The van der Waals surface area contributed by atoms with Crippen molar-refractivity contribution in [1.29, 1.82) is 0 Å². The van der Waals surface area contributed by atoms with E-state index in [1.165, 1.54) is 19.4 Å². The van der Waals surface area contributed by atoms with Crippen LogP contribution in [0.4, 0.5) is 0 Å². The van der Waals surface area contributed by atoms with Gasteiger partial charge in [-0.25, -0.2) is 0 Å². The van der Waals surface area contributed by atoms with Crippen molar-refractivity contribution in [2.24, 2.45) is 5.41 Å². The van der Waals surface area contributed by atoms with Crippen LogP contribution >= 0.6 is 0 Å².